The van der Waals surface area contributed by atoms with Gasteiger partial charge in [-0.05, 0) is 37.3 Å². The molecule has 0 unspecified atom stereocenters. The molecule has 2 aromatic rings. The first-order chi connectivity index (χ1) is 10.5. The number of rotatable bonds is 5. The van der Waals surface area contributed by atoms with Crippen molar-refractivity contribution in [3.8, 4) is 11.5 Å². The van der Waals surface area contributed by atoms with Gasteiger partial charge in [-0.1, -0.05) is 29.3 Å². The Morgan fingerprint density at radius 1 is 1.32 bits per heavy atom. The molecule has 0 saturated carbocycles. The van der Waals surface area contributed by atoms with Gasteiger partial charge in [0.1, 0.15) is 11.5 Å². The van der Waals surface area contributed by atoms with E-state index in [1.54, 1.807) is 18.2 Å². The number of aryl methyl sites for hydroxylation is 1. The van der Waals surface area contributed by atoms with Crippen molar-refractivity contribution < 1.29 is 14.6 Å². The van der Waals surface area contributed by atoms with Crippen LogP contribution in [0.4, 0.5) is 0 Å². The quantitative estimate of drug-likeness (QED) is 0.658. The second-order valence-electron chi connectivity index (χ2n) is 4.60. The number of phenols is 1. The molecule has 0 radical (unpaired) electrons. The van der Waals surface area contributed by atoms with Crippen molar-refractivity contribution in [2.75, 3.05) is 6.61 Å². The number of nitrogens with zero attached hydrogens (tertiary/aromatic N) is 1. The minimum absolute atomic E-state index is 0.0262. The van der Waals surface area contributed by atoms with Crippen LogP contribution in [-0.2, 0) is 4.79 Å². The second-order valence-corrected chi connectivity index (χ2v) is 5.03. The summed E-state index contributed by atoms with van der Waals surface area (Å²) in [5.74, 6) is 0.230. The second kappa shape index (κ2) is 7.47. The summed E-state index contributed by atoms with van der Waals surface area (Å²) in [5.41, 5.74) is 3.83. The molecule has 0 aromatic heterocycles. The minimum atomic E-state index is -0.404. The summed E-state index contributed by atoms with van der Waals surface area (Å²) in [6.45, 7) is 1.82. The molecule has 0 aliphatic rings. The molecule has 1 amide bonds. The summed E-state index contributed by atoms with van der Waals surface area (Å²) in [6, 6.07) is 11.9. The lowest BCUT2D eigenvalue weighted by atomic mass is 10.2. The largest absolute Gasteiger partial charge is 0.507 e. The van der Waals surface area contributed by atoms with E-state index in [-0.39, 0.29) is 12.4 Å². The van der Waals surface area contributed by atoms with E-state index in [2.05, 4.69) is 10.5 Å². The molecule has 2 aromatic carbocycles. The normalized spacial score (nSPS) is 10.6. The fourth-order valence-electron chi connectivity index (χ4n) is 1.62. The van der Waals surface area contributed by atoms with Gasteiger partial charge in [0.25, 0.3) is 5.91 Å². The number of nitrogens with one attached hydrogen (secondary N) is 1. The zero-order valence-corrected chi connectivity index (χ0v) is 12.7. The first-order valence-electron chi connectivity index (χ1n) is 6.54. The van der Waals surface area contributed by atoms with Gasteiger partial charge < -0.3 is 9.84 Å². The van der Waals surface area contributed by atoms with Crippen molar-refractivity contribution >= 4 is 23.7 Å². The van der Waals surface area contributed by atoms with E-state index in [1.807, 2.05) is 19.1 Å². The first-order valence-corrected chi connectivity index (χ1v) is 6.92. The van der Waals surface area contributed by atoms with Crippen LogP contribution in [-0.4, -0.2) is 23.8 Å². The van der Waals surface area contributed by atoms with Crippen LogP contribution in [0.25, 0.3) is 0 Å². The number of amides is 1. The predicted molar refractivity (Wildman–Crippen MR) is 85.5 cm³/mol. The van der Waals surface area contributed by atoms with E-state index < -0.39 is 5.91 Å². The average molecular weight is 319 g/mol. The first kappa shape index (κ1) is 15.9. The van der Waals surface area contributed by atoms with Crippen molar-refractivity contribution in [2.24, 2.45) is 5.10 Å². The SMILES string of the molecule is Cc1ccc(OCC(=O)N/N=C/c2cc(Cl)ccc2O)cc1. The molecule has 0 fully saturated rings. The lowest BCUT2D eigenvalue weighted by molar-refractivity contribution is -0.123. The zero-order valence-electron chi connectivity index (χ0n) is 11.9. The van der Waals surface area contributed by atoms with E-state index in [4.69, 9.17) is 16.3 Å². The van der Waals surface area contributed by atoms with Crippen LogP contribution in [0.1, 0.15) is 11.1 Å². The topological polar surface area (TPSA) is 70.9 Å². The summed E-state index contributed by atoms with van der Waals surface area (Å²) in [5, 5.41) is 13.8. The average Bonchev–Trinajstić information content (AvgIpc) is 2.50. The number of carbonyl (C=O) groups is 1. The molecule has 0 atom stereocenters. The Kier molecular flexibility index (Phi) is 5.38. The standard InChI is InChI=1S/C16H15ClN2O3/c1-11-2-5-14(6-3-11)22-10-16(21)19-18-9-12-8-13(17)4-7-15(12)20/h2-9,20H,10H2,1H3,(H,19,21)/b18-9+. The van der Waals surface area contributed by atoms with Gasteiger partial charge in [-0.25, -0.2) is 5.43 Å². The number of aromatic hydroxyl groups is 1. The number of benzene rings is 2. The molecule has 0 aliphatic carbocycles. The molecule has 6 heteroatoms. The number of halogens is 1. The van der Waals surface area contributed by atoms with Gasteiger partial charge in [0, 0.05) is 10.6 Å². The van der Waals surface area contributed by atoms with Crippen LogP contribution in [0.2, 0.25) is 5.02 Å². The number of ether oxygens (including phenoxy) is 1. The maximum atomic E-state index is 11.6. The molecule has 0 bridgehead atoms. The van der Waals surface area contributed by atoms with Crippen LogP contribution < -0.4 is 10.2 Å². The van der Waals surface area contributed by atoms with Gasteiger partial charge in [-0.3, -0.25) is 4.79 Å². The third-order valence-corrected chi connectivity index (χ3v) is 3.01. The third-order valence-electron chi connectivity index (χ3n) is 2.77. The summed E-state index contributed by atoms with van der Waals surface area (Å²) in [6.07, 6.45) is 1.31. The van der Waals surface area contributed by atoms with E-state index in [9.17, 15) is 9.90 Å². The van der Waals surface area contributed by atoms with Crippen molar-refractivity contribution in [3.63, 3.8) is 0 Å². The highest BCUT2D eigenvalue weighted by Crippen LogP contribution is 2.19. The maximum Gasteiger partial charge on any atom is 0.277 e. The molecule has 22 heavy (non-hydrogen) atoms. The highest BCUT2D eigenvalue weighted by atomic mass is 35.5. The van der Waals surface area contributed by atoms with Crippen LogP contribution in [0.5, 0.6) is 11.5 Å². The van der Waals surface area contributed by atoms with E-state index in [0.29, 0.717) is 16.3 Å². The lowest BCUT2D eigenvalue weighted by Crippen LogP contribution is -2.24. The van der Waals surface area contributed by atoms with Crippen molar-refractivity contribution in [2.45, 2.75) is 6.92 Å². The fourth-order valence-corrected chi connectivity index (χ4v) is 1.80. The smallest absolute Gasteiger partial charge is 0.277 e. The Balaban J connectivity index is 1.83. The molecule has 0 spiro atoms. The number of phenolic OH excluding ortho intramolecular Hbond substituents is 1. The molecular formula is C16H15ClN2O3. The lowest BCUT2D eigenvalue weighted by Gasteiger charge is -2.05. The number of hydrogen-bond acceptors (Lipinski definition) is 4. The summed E-state index contributed by atoms with van der Waals surface area (Å²) >= 11 is 5.81. The van der Waals surface area contributed by atoms with Crippen molar-refractivity contribution in [1.29, 1.82) is 0 Å². The molecule has 0 saturated heterocycles. The monoisotopic (exact) mass is 318 g/mol. The number of carbonyl (C=O) groups excluding carboxylic acids is 1. The molecule has 2 rings (SSSR count). The minimum Gasteiger partial charge on any atom is -0.507 e. The van der Waals surface area contributed by atoms with Crippen LogP contribution in [0, 0.1) is 6.92 Å². The molecular weight excluding hydrogens is 304 g/mol. The van der Waals surface area contributed by atoms with Crippen molar-refractivity contribution in [3.05, 3.63) is 58.6 Å². The van der Waals surface area contributed by atoms with Gasteiger partial charge in [0.2, 0.25) is 0 Å². The molecule has 114 valence electrons. The summed E-state index contributed by atoms with van der Waals surface area (Å²) in [7, 11) is 0. The molecule has 2 N–H and O–H groups in total. The van der Waals surface area contributed by atoms with Gasteiger partial charge in [-0.2, -0.15) is 5.10 Å². The molecule has 5 nitrogen and oxygen atoms in total. The van der Waals surface area contributed by atoms with Crippen LogP contribution in [0.15, 0.2) is 47.6 Å². The Morgan fingerprint density at radius 3 is 2.77 bits per heavy atom. The summed E-state index contributed by atoms with van der Waals surface area (Å²) < 4.78 is 5.31. The van der Waals surface area contributed by atoms with Gasteiger partial charge >= 0.3 is 0 Å². The van der Waals surface area contributed by atoms with Gasteiger partial charge in [-0.15, -0.1) is 0 Å². The van der Waals surface area contributed by atoms with Gasteiger partial charge in [0.05, 0.1) is 6.21 Å². The highest BCUT2D eigenvalue weighted by Gasteiger charge is 2.02. The number of hydrazone groups is 1. The van der Waals surface area contributed by atoms with Crippen LogP contribution in [0.3, 0.4) is 0 Å². The Labute approximate surface area is 133 Å². The van der Waals surface area contributed by atoms with E-state index in [1.165, 1.54) is 18.3 Å². The fraction of sp³-hybridized carbons (Fsp3) is 0.125. The number of hydrogen-bond donors (Lipinski definition) is 2. The van der Waals surface area contributed by atoms with Gasteiger partial charge in [0.15, 0.2) is 6.61 Å². The zero-order chi connectivity index (χ0) is 15.9. The molecule has 0 heterocycles. The Morgan fingerprint density at radius 2 is 2.05 bits per heavy atom. The summed E-state index contributed by atoms with van der Waals surface area (Å²) in [4.78, 5) is 11.6. The van der Waals surface area contributed by atoms with E-state index in [0.717, 1.165) is 5.56 Å². The Hall–Kier alpha value is -2.53. The highest BCUT2D eigenvalue weighted by molar-refractivity contribution is 6.30. The maximum absolute atomic E-state index is 11.6. The predicted octanol–water partition coefficient (Wildman–Crippen LogP) is 2.88. The van der Waals surface area contributed by atoms with E-state index >= 15 is 0 Å². The Bertz CT molecular complexity index is 684. The van der Waals surface area contributed by atoms with Crippen LogP contribution >= 0.6 is 11.6 Å². The molecule has 0 aliphatic heterocycles. The van der Waals surface area contributed by atoms with Crippen molar-refractivity contribution in [1.82, 2.24) is 5.43 Å². The third kappa shape index (κ3) is 4.79.